The van der Waals surface area contributed by atoms with E-state index in [1.54, 1.807) is 23.0 Å². The van der Waals surface area contributed by atoms with Crippen LogP contribution in [0, 0.1) is 16.0 Å². The molecule has 9 nitrogen and oxygen atoms in total. The van der Waals surface area contributed by atoms with Gasteiger partial charge in [-0.25, -0.2) is 0 Å². The fraction of sp³-hybridized carbons (Fsp3) is 0.476. The van der Waals surface area contributed by atoms with E-state index in [4.69, 9.17) is 0 Å². The molecule has 0 bridgehead atoms. The number of benzene rings is 1. The summed E-state index contributed by atoms with van der Waals surface area (Å²) in [5, 5.41) is 18.1. The Morgan fingerprint density at radius 2 is 2.10 bits per heavy atom. The number of carbonyl (C=O) groups is 2. The average molecular weight is 413 g/mol. The van der Waals surface area contributed by atoms with Crippen LogP contribution in [0.3, 0.4) is 0 Å². The lowest BCUT2D eigenvalue weighted by Gasteiger charge is -2.38. The lowest BCUT2D eigenvalue weighted by Crippen LogP contribution is -2.44. The smallest absolute Gasteiger partial charge is 0.269 e. The molecule has 0 aliphatic carbocycles. The van der Waals surface area contributed by atoms with Crippen molar-refractivity contribution in [3.63, 3.8) is 0 Å². The molecule has 2 amide bonds. The van der Waals surface area contributed by atoms with Crippen LogP contribution >= 0.6 is 0 Å². The summed E-state index contributed by atoms with van der Waals surface area (Å²) < 4.78 is 1.71. The molecule has 30 heavy (non-hydrogen) atoms. The van der Waals surface area contributed by atoms with Crippen LogP contribution in [-0.4, -0.2) is 43.5 Å². The number of hydrogen-bond acceptors (Lipinski definition) is 5. The van der Waals surface area contributed by atoms with Gasteiger partial charge in [0.25, 0.3) is 5.69 Å². The van der Waals surface area contributed by atoms with E-state index < -0.39 is 4.92 Å². The van der Waals surface area contributed by atoms with Crippen molar-refractivity contribution in [2.45, 2.75) is 45.2 Å². The summed E-state index contributed by atoms with van der Waals surface area (Å²) in [6.07, 6.45) is 4.05. The second kappa shape index (κ2) is 8.25. The number of nitro groups is 1. The van der Waals surface area contributed by atoms with Gasteiger partial charge >= 0.3 is 0 Å². The number of amides is 2. The third-order valence-electron chi connectivity index (χ3n) is 5.27. The highest BCUT2D eigenvalue weighted by Crippen LogP contribution is 2.42. The second-order valence-corrected chi connectivity index (χ2v) is 8.70. The van der Waals surface area contributed by atoms with Gasteiger partial charge in [-0.1, -0.05) is 12.1 Å². The normalized spacial score (nSPS) is 19.2. The average Bonchev–Trinajstić information content (AvgIpc) is 3.22. The molecule has 0 saturated carbocycles. The van der Waals surface area contributed by atoms with Crippen LogP contribution in [0.5, 0.6) is 0 Å². The predicted octanol–water partition coefficient (Wildman–Crippen LogP) is 2.38. The zero-order valence-electron chi connectivity index (χ0n) is 17.7. The van der Waals surface area contributed by atoms with Crippen molar-refractivity contribution in [3.05, 3.63) is 57.9 Å². The fourth-order valence-electron chi connectivity index (χ4n) is 4.06. The molecule has 1 saturated heterocycles. The number of carbonyl (C=O) groups excluding carboxylic acids is 2. The van der Waals surface area contributed by atoms with Crippen molar-refractivity contribution in [1.29, 1.82) is 0 Å². The number of aryl methyl sites for hydroxylation is 1. The molecule has 2 atom stereocenters. The van der Waals surface area contributed by atoms with E-state index in [9.17, 15) is 19.7 Å². The molecule has 0 unspecified atom stereocenters. The monoisotopic (exact) mass is 413 g/mol. The maximum Gasteiger partial charge on any atom is 0.269 e. The first-order valence-corrected chi connectivity index (χ1v) is 9.87. The Morgan fingerprint density at radius 3 is 2.70 bits per heavy atom. The molecular weight excluding hydrogens is 386 g/mol. The highest BCUT2D eigenvalue weighted by molar-refractivity contribution is 5.81. The van der Waals surface area contributed by atoms with Crippen LogP contribution in [0.1, 0.15) is 44.4 Å². The Labute approximate surface area is 175 Å². The van der Waals surface area contributed by atoms with Crippen molar-refractivity contribution in [3.8, 4) is 0 Å². The Morgan fingerprint density at radius 1 is 1.37 bits per heavy atom. The van der Waals surface area contributed by atoms with E-state index in [-0.39, 0.29) is 41.4 Å². The summed E-state index contributed by atoms with van der Waals surface area (Å²) >= 11 is 0. The minimum absolute atomic E-state index is 0.0425. The van der Waals surface area contributed by atoms with E-state index in [2.05, 4.69) is 10.4 Å². The van der Waals surface area contributed by atoms with Crippen LogP contribution in [0.2, 0.25) is 0 Å². The maximum absolute atomic E-state index is 12.8. The van der Waals surface area contributed by atoms with Crippen LogP contribution < -0.4 is 5.32 Å². The van der Waals surface area contributed by atoms with E-state index >= 15 is 0 Å². The number of hydrogen-bond donors (Lipinski definition) is 1. The van der Waals surface area contributed by atoms with Gasteiger partial charge in [-0.2, -0.15) is 5.10 Å². The molecule has 1 aromatic heterocycles. The summed E-state index contributed by atoms with van der Waals surface area (Å²) in [7, 11) is 1.83. The third-order valence-corrected chi connectivity index (χ3v) is 5.27. The lowest BCUT2D eigenvalue weighted by atomic mass is 9.93. The van der Waals surface area contributed by atoms with Gasteiger partial charge in [0.15, 0.2) is 0 Å². The van der Waals surface area contributed by atoms with Gasteiger partial charge in [0.05, 0.1) is 23.6 Å². The topological polar surface area (TPSA) is 110 Å². The highest BCUT2D eigenvalue weighted by Gasteiger charge is 2.45. The zero-order valence-corrected chi connectivity index (χ0v) is 17.7. The summed E-state index contributed by atoms with van der Waals surface area (Å²) in [6, 6.07) is 5.87. The molecule has 1 aliphatic rings. The van der Waals surface area contributed by atoms with Crippen LogP contribution in [0.25, 0.3) is 0 Å². The standard InChI is InChI=1S/C21H27N5O4/c1-21(2,3)25-19(28)10-15(20(25)16-12-23-24(4)13-16)11-22-18(27)9-14-6-5-7-17(8-14)26(29)30/h5-8,12-13,15,20H,9-11H2,1-4H3,(H,22,27)/t15-,20+/m0/s1. The molecule has 2 heterocycles. The van der Waals surface area contributed by atoms with Gasteiger partial charge < -0.3 is 10.2 Å². The van der Waals surface area contributed by atoms with Crippen LogP contribution in [0.15, 0.2) is 36.7 Å². The third kappa shape index (κ3) is 4.67. The summed E-state index contributed by atoms with van der Waals surface area (Å²) in [6.45, 7) is 6.33. The molecule has 1 fully saturated rings. The van der Waals surface area contributed by atoms with Gasteiger partial charge in [0.2, 0.25) is 11.8 Å². The quantitative estimate of drug-likeness (QED) is 0.577. The molecule has 1 N–H and O–H groups in total. The first-order chi connectivity index (χ1) is 14.1. The molecular formula is C21H27N5O4. The molecule has 0 spiro atoms. The number of likely N-dealkylation sites (tertiary alicyclic amines) is 1. The zero-order chi connectivity index (χ0) is 22.1. The van der Waals surface area contributed by atoms with Crippen molar-refractivity contribution in [2.24, 2.45) is 13.0 Å². The number of aromatic nitrogens is 2. The van der Waals surface area contributed by atoms with Crippen molar-refractivity contribution in [2.75, 3.05) is 6.54 Å². The fourth-order valence-corrected chi connectivity index (χ4v) is 4.06. The van der Waals surface area contributed by atoms with Crippen molar-refractivity contribution < 1.29 is 14.5 Å². The number of nitrogens with one attached hydrogen (secondary N) is 1. The summed E-state index contributed by atoms with van der Waals surface area (Å²) in [5.74, 6) is -0.272. The first kappa shape index (κ1) is 21.5. The molecule has 3 rings (SSSR count). The van der Waals surface area contributed by atoms with E-state index in [1.807, 2.05) is 38.9 Å². The minimum atomic E-state index is -0.481. The largest absolute Gasteiger partial charge is 0.355 e. The van der Waals surface area contributed by atoms with Gasteiger partial charge in [-0.15, -0.1) is 0 Å². The van der Waals surface area contributed by atoms with Crippen LogP contribution in [-0.2, 0) is 23.1 Å². The molecule has 0 radical (unpaired) electrons. The van der Waals surface area contributed by atoms with E-state index in [1.165, 1.54) is 12.1 Å². The molecule has 160 valence electrons. The van der Waals surface area contributed by atoms with E-state index in [0.29, 0.717) is 18.5 Å². The molecule has 1 aromatic carbocycles. The Bertz CT molecular complexity index is 962. The number of rotatable bonds is 6. The van der Waals surface area contributed by atoms with Gasteiger partial charge in [-0.3, -0.25) is 24.4 Å². The first-order valence-electron chi connectivity index (χ1n) is 9.87. The van der Waals surface area contributed by atoms with Crippen molar-refractivity contribution >= 4 is 17.5 Å². The van der Waals surface area contributed by atoms with Gasteiger partial charge in [0, 0.05) is 55.4 Å². The Hall–Kier alpha value is -3.23. The molecule has 2 aromatic rings. The number of nitro benzene ring substituents is 1. The van der Waals surface area contributed by atoms with Gasteiger partial charge in [0.1, 0.15) is 0 Å². The molecule has 1 aliphatic heterocycles. The summed E-state index contributed by atoms with van der Waals surface area (Å²) in [5.41, 5.74) is 1.11. The number of nitrogens with zero attached hydrogens (tertiary/aromatic N) is 4. The van der Waals surface area contributed by atoms with E-state index in [0.717, 1.165) is 5.56 Å². The predicted molar refractivity (Wildman–Crippen MR) is 110 cm³/mol. The van der Waals surface area contributed by atoms with Gasteiger partial charge in [-0.05, 0) is 26.3 Å². The highest BCUT2D eigenvalue weighted by atomic mass is 16.6. The Kier molecular flexibility index (Phi) is 5.91. The minimum Gasteiger partial charge on any atom is -0.355 e. The number of non-ortho nitro benzene ring substituents is 1. The Balaban J connectivity index is 1.71. The lowest BCUT2D eigenvalue weighted by molar-refractivity contribution is -0.384. The SMILES string of the molecule is Cn1cc([C@H]2[C@H](CNC(=O)Cc3cccc([N+](=O)[O-])c3)CC(=O)N2C(C)(C)C)cn1. The second-order valence-electron chi connectivity index (χ2n) is 8.70. The summed E-state index contributed by atoms with van der Waals surface area (Å²) in [4.78, 5) is 37.6. The van der Waals surface area contributed by atoms with Crippen LogP contribution in [0.4, 0.5) is 5.69 Å². The maximum atomic E-state index is 12.8. The molecule has 9 heteroatoms. The van der Waals surface area contributed by atoms with Crippen molar-refractivity contribution in [1.82, 2.24) is 20.0 Å².